The highest BCUT2D eigenvalue weighted by atomic mass is 79.9. The molecule has 1 fully saturated rings. The number of nitrogen functional groups attached to an aromatic ring is 1. The van der Waals surface area contributed by atoms with Gasteiger partial charge in [-0.25, -0.2) is 14.4 Å². The van der Waals surface area contributed by atoms with Crippen molar-refractivity contribution in [3.05, 3.63) is 40.4 Å². The predicted molar refractivity (Wildman–Crippen MR) is 75.8 cm³/mol. The highest BCUT2D eigenvalue weighted by Gasteiger charge is 2.27. The number of nitrogens with zero attached hydrogens (tertiary/aromatic N) is 2. The van der Waals surface area contributed by atoms with E-state index in [9.17, 15) is 4.39 Å². The summed E-state index contributed by atoms with van der Waals surface area (Å²) in [5.74, 6) is 1.99. The van der Waals surface area contributed by atoms with E-state index in [0.29, 0.717) is 22.0 Å². The summed E-state index contributed by atoms with van der Waals surface area (Å²) >= 11 is 3.15. The molecule has 2 aromatic rings. The van der Waals surface area contributed by atoms with Gasteiger partial charge in [0.1, 0.15) is 23.3 Å². The number of nitrogens with two attached hydrogens (primary N) is 1. The van der Waals surface area contributed by atoms with Crippen molar-refractivity contribution in [1.29, 1.82) is 0 Å². The number of hydrogen-bond donors (Lipinski definition) is 2. The molecule has 19 heavy (non-hydrogen) atoms. The third-order valence-corrected chi connectivity index (χ3v) is 3.51. The molecule has 0 saturated heterocycles. The Hall–Kier alpha value is -1.69. The van der Waals surface area contributed by atoms with Gasteiger partial charge < -0.3 is 11.1 Å². The first-order valence-electron chi connectivity index (χ1n) is 5.98. The molecule has 0 spiro atoms. The molecule has 3 N–H and O–H groups in total. The third kappa shape index (κ3) is 2.84. The Morgan fingerprint density at radius 1 is 1.26 bits per heavy atom. The van der Waals surface area contributed by atoms with Gasteiger partial charge in [0.2, 0.25) is 0 Å². The fraction of sp³-hybridized carbons (Fsp3) is 0.231. The Morgan fingerprint density at radius 3 is 2.74 bits per heavy atom. The highest BCUT2D eigenvalue weighted by Crippen LogP contribution is 2.38. The summed E-state index contributed by atoms with van der Waals surface area (Å²) < 4.78 is 13.6. The summed E-state index contributed by atoms with van der Waals surface area (Å²) in [6.07, 6.45) is 2.23. The molecule has 0 aliphatic heterocycles. The van der Waals surface area contributed by atoms with Gasteiger partial charge in [0, 0.05) is 17.7 Å². The van der Waals surface area contributed by atoms with Gasteiger partial charge in [0.25, 0.3) is 0 Å². The quantitative estimate of drug-likeness (QED) is 0.906. The van der Waals surface area contributed by atoms with Gasteiger partial charge in [-0.15, -0.1) is 0 Å². The molecule has 98 valence electrons. The fourth-order valence-corrected chi connectivity index (χ4v) is 2.17. The highest BCUT2D eigenvalue weighted by molar-refractivity contribution is 9.10. The van der Waals surface area contributed by atoms with E-state index in [1.165, 1.54) is 6.07 Å². The van der Waals surface area contributed by atoms with Crippen LogP contribution in [0.4, 0.5) is 21.7 Å². The van der Waals surface area contributed by atoms with Crippen molar-refractivity contribution in [3.63, 3.8) is 0 Å². The topological polar surface area (TPSA) is 63.8 Å². The SMILES string of the molecule is Nc1cc(Nc2ccc(F)c(Br)c2)nc(C2CC2)n1. The van der Waals surface area contributed by atoms with Gasteiger partial charge in [-0.2, -0.15) is 0 Å². The Bertz CT molecular complexity index is 628. The average Bonchev–Trinajstić information content (AvgIpc) is 3.17. The number of rotatable bonds is 3. The van der Waals surface area contributed by atoms with Gasteiger partial charge >= 0.3 is 0 Å². The smallest absolute Gasteiger partial charge is 0.137 e. The van der Waals surface area contributed by atoms with E-state index in [4.69, 9.17) is 5.73 Å². The Kier molecular flexibility index (Phi) is 3.10. The molecule has 1 aromatic carbocycles. The average molecular weight is 323 g/mol. The van der Waals surface area contributed by atoms with E-state index in [0.717, 1.165) is 24.4 Å². The zero-order chi connectivity index (χ0) is 13.4. The van der Waals surface area contributed by atoms with E-state index in [1.54, 1.807) is 18.2 Å². The number of hydrogen-bond acceptors (Lipinski definition) is 4. The molecule has 1 saturated carbocycles. The summed E-state index contributed by atoms with van der Waals surface area (Å²) in [6.45, 7) is 0. The van der Waals surface area contributed by atoms with Crippen molar-refractivity contribution < 1.29 is 4.39 Å². The number of benzene rings is 1. The van der Waals surface area contributed by atoms with Gasteiger partial charge in [-0.1, -0.05) is 0 Å². The van der Waals surface area contributed by atoms with E-state index >= 15 is 0 Å². The van der Waals surface area contributed by atoms with Crippen LogP contribution in [0.15, 0.2) is 28.7 Å². The summed E-state index contributed by atoms with van der Waals surface area (Å²) in [6, 6.07) is 6.36. The molecule has 4 nitrogen and oxygen atoms in total. The second-order valence-corrected chi connectivity index (χ2v) is 5.42. The summed E-state index contributed by atoms with van der Waals surface area (Å²) in [5.41, 5.74) is 6.52. The molecule has 0 atom stereocenters. The fourth-order valence-electron chi connectivity index (χ4n) is 1.80. The molecule has 0 bridgehead atoms. The first-order valence-corrected chi connectivity index (χ1v) is 6.77. The van der Waals surface area contributed by atoms with Crippen LogP contribution in [-0.2, 0) is 0 Å². The maximum Gasteiger partial charge on any atom is 0.137 e. The molecule has 1 aliphatic rings. The lowest BCUT2D eigenvalue weighted by atomic mass is 10.3. The maximum absolute atomic E-state index is 13.2. The standard InChI is InChI=1S/C13H12BrFN4/c14-9-5-8(3-4-10(9)15)17-12-6-11(16)18-13(19-12)7-1-2-7/h3-7H,1-2H2,(H3,16,17,18,19). The molecule has 3 rings (SSSR count). The van der Waals surface area contributed by atoms with Crippen LogP contribution in [0.1, 0.15) is 24.6 Å². The first kappa shape index (κ1) is 12.3. The first-order chi connectivity index (χ1) is 9.11. The predicted octanol–water partition coefficient (Wildman–Crippen LogP) is 3.58. The summed E-state index contributed by atoms with van der Waals surface area (Å²) in [4.78, 5) is 8.66. The van der Waals surface area contributed by atoms with Crippen LogP contribution in [0.2, 0.25) is 0 Å². The van der Waals surface area contributed by atoms with Crippen molar-refractivity contribution in [2.24, 2.45) is 0 Å². The van der Waals surface area contributed by atoms with Crippen molar-refractivity contribution >= 4 is 33.3 Å². The Morgan fingerprint density at radius 2 is 2.05 bits per heavy atom. The molecule has 0 amide bonds. The zero-order valence-electron chi connectivity index (χ0n) is 10.0. The summed E-state index contributed by atoms with van der Waals surface area (Å²) in [5, 5.41) is 3.11. The number of halogens is 2. The Balaban J connectivity index is 1.87. The molecule has 0 radical (unpaired) electrons. The van der Waals surface area contributed by atoms with Crippen LogP contribution in [0.25, 0.3) is 0 Å². The van der Waals surface area contributed by atoms with Gasteiger partial charge in [0.15, 0.2) is 0 Å². The van der Waals surface area contributed by atoms with Crippen LogP contribution < -0.4 is 11.1 Å². The van der Waals surface area contributed by atoms with Crippen LogP contribution in [-0.4, -0.2) is 9.97 Å². The molecule has 1 aromatic heterocycles. The number of anilines is 3. The summed E-state index contributed by atoms with van der Waals surface area (Å²) in [7, 11) is 0. The lowest BCUT2D eigenvalue weighted by Crippen LogP contribution is -2.02. The lowest BCUT2D eigenvalue weighted by molar-refractivity contribution is 0.621. The minimum Gasteiger partial charge on any atom is -0.384 e. The molecule has 1 heterocycles. The van der Waals surface area contributed by atoms with Gasteiger partial charge in [-0.3, -0.25) is 0 Å². The third-order valence-electron chi connectivity index (χ3n) is 2.90. The molecule has 1 aliphatic carbocycles. The molecular formula is C13H12BrFN4. The van der Waals surface area contributed by atoms with Crippen LogP contribution >= 0.6 is 15.9 Å². The molecule has 0 unspecified atom stereocenters. The second-order valence-electron chi connectivity index (χ2n) is 4.56. The van der Waals surface area contributed by atoms with E-state index in [2.05, 4.69) is 31.2 Å². The normalized spacial score (nSPS) is 14.4. The van der Waals surface area contributed by atoms with E-state index < -0.39 is 0 Å². The van der Waals surface area contributed by atoms with Crippen molar-refractivity contribution in [2.75, 3.05) is 11.1 Å². The molecule has 6 heteroatoms. The zero-order valence-corrected chi connectivity index (χ0v) is 11.6. The lowest BCUT2D eigenvalue weighted by Gasteiger charge is -2.08. The largest absolute Gasteiger partial charge is 0.384 e. The van der Waals surface area contributed by atoms with E-state index in [-0.39, 0.29) is 5.82 Å². The van der Waals surface area contributed by atoms with Crippen LogP contribution in [0, 0.1) is 5.82 Å². The number of aromatic nitrogens is 2. The van der Waals surface area contributed by atoms with Gasteiger partial charge in [-0.05, 0) is 47.0 Å². The monoisotopic (exact) mass is 322 g/mol. The van der Waals surface area contributed by atoms with Gasteiger partial charge in [0.05, 0.1) is 4.47 Å². The van der Waals surface area contributed by atoms with Crippen molar-refractivity contribution in [1.82, 2.24) is 9.97 Å². The number of nitrogens with one attached hydrogen (secondary N) is 1. The molecular weight excluding hydrogens is 311 g/mol. The minimum absolute atomic E-state index is 0.300. The van der Waals surface area contributed by atoms with E-state index in [1.807, 2.05) is 0 Å². The van der Waals surface area contributed by atoms with Crippen LogP contribution in [0.3, 0.4) is 0 Å². The Labute approximate surface area is 118 Å². The maximum atomic E-state index is 13.2. The van der Waals surface area contributed by atoms with Crippen molar-refractivity contribution in [2.45, 2.75) is 18.8 Å². The van der Waals surface area contributed by atoms with Crippen molar-refractivity contribution in [3.8, 4) is 0 Å². The second kappa shape index (κ2) is 4.77. The van der Waals surface area contributed by atoms with Crippen LogP contribution in [0.5, 0.6) is 0 Å². The minimum atomic E-state index is -0.300.